The Balaban J connectivity index is 0.000000261. The van der Waals surface area contributed by atoms with Gasteiger partial charge in [-0.1, -0.05) is 6.07 Å². The molecule has 1 aromatic heterocycles. The average Bonchev–Trinajstić information content (AvgIpc) is 2.36. The second-order valence-corrected chi connectivity index (χ2v) is 7.76. The molecule has 4 aliphatic carbocycles. The first kappa shape index (κ1) is 17.4. The summed E-state index contributed by atoms with van der Waals surface area (Å²) in [5.74, 6) is 3.06. The van der Waals surface area contributed by atoms with Crippen molar-refractivity contribution in [1.29, 1.82) is 0 Å². The highest BCUT2D eigenvalue weighted by Gasteiger charge is 2.52. The van der Waals surface area contributed by atoms with E-state index in [1.54, 1.807) is 0 Å². The Morgan fingerprint density at radius 3 is 1.82 bits per heavy atom. The third-order valence-electron chi connectivity index (χ3n) is 5.25. The third-order valence-corrected chi connectivity index (χ3v) is 5.25. The van der Waals surface area contributed by atoms with E-state index < -0.39 is 10.4 Å². The van der Waals surface area contributed by atoms with E-state index in [1.807, 2.05) is 12.3 Å². The summed E-state index contributed by atoms with van der Waals surface area (Å²) >= 11 is 0. The summed E-state index contributed by atoms with van der Waals surface area (Å²) in [6, 6.07) is 6.48. The van der Waals surface area contributed by atoms with Gasteiger partial charge in [-0.3, -0.25) is 14.1 Å². The van der Waals surface area contributed by atoms with Crippen LogP contribution < -0.4 is 0 Å². The summed E-state index contributed by atoms with van der Waals surface area (Å²) in [6.45, 7) is 0. The minimum Gasteiger partial charge on any atom is -0.264 e. The Morgan fingerprint density at radius 2 is 1.45 bits per heavy atom. The van der Waals surface area contributed by atoms with Gasteiger partial charge in [-0.25, -0.2) is 0 Å². The molecule has 5 rings (SSSR count). The van der Waals surface area contributed by atoms with Crippen molar-refractivity contribution >= 4 is 18.8 Å². The van der Waals surface area contributed by atoms with Crippen LogP contribution >= 0.6 is 0 Å². The van der Waals surface area contributed by atoms with Crippen LogP contribution in [-0.2, 0) is 15.8 Å². The summed E-state index contributed by atoms with van der Waals surface area (Å²) in [4.78, 5) is 4.67. The van der Waals surface area contributed by atoms with E-state index >= 15 is 0 Å². The molecule has 0 aromatic carbocycles. The van der Waals surface area contributed by atoms with Gasteiger partial charge in [-0.15, -0.1) is 0 Å². The highest BCUT2D eigenvalue weighted by molar-refractivity contribution is 7.79. The highest BCUT2D eigenvalue weighted by atomic mass is 32.3. The number of pyridine rings is 1. The Hall–Kier alpha value is -0.915. The minimum absolute atomic E-state index is 0. The monoisotopic (exact) mass is 325 g/mol. The normalized spacial score (nSPS) is 35.3. The molecule has 0 radical (unpaired) electrons. The smallest absolute Gasteiger partial charge is 0.264 e. The SMILES string of the molecule is B.O=S(=O)(O)O.c1ccc(C23CC4CC(CC(C4)C2)C3)nc1. The topological polar surface area (TPSA) is 87.5 Å². The summed E-state index contributed by atoms with van der Waals surface area (Å²) < 4.78 is 31.6. The van der Waals surface area contributed by atoms with Gasteiger partial charge >= 0.3 is 10.4 Å². The lowest BCUT2D eigenvalue weighted by molar-refractivity contribution is -0.00719. The van der Waals surface area contributed by atoms with Crippen LogP contribution in [0, 0.1) is 17.8 Å². The fraction of sp³-hybridized carbons (Fsp3) is 0.667. The van der Waals surface area contributed by atoms with Crippen molar-refractivity contribution < 1.29 is 17.5 Å². The van der Waals surface area contributed by atoms with E-state index in [-0.39, 0.29) is 8.41 Å². The second kappa shape index (κ2) is 6.30. The van der Waals surface area contributed by atoms with E-state index in [1.165, 1.54) is 44.2 Å². The molecule has 0 amide bonds. The van der Waals surface area contributed by atoms with E-state index in [0.717, 1.165) is 17.8 Å². The standard InChI is InChI=1S/C15H19N.BH3.H2O4S/c1-2-4-16-14(3-1)15-8-11-5-12(9-15)7-13(6-11)10-15;;1-5(2,3)4/h1-4,11-13H,5-10H2;1H3;(H2,1,2,3,4). The van der Waals surface area contributed by atoms with Crippen molar-refractivity contribution in [2.24, 2.45) is 17.8 Å². The van der Waals surface area contributed by atoms with Crippen LogP contribution in [0.25, 0.3) is 0 Å². The zero-order valence-corrected chi connectivity index (χ0v) is 12.7. The molecule has 7 heteroatoms. The van der Waals surface area contributed by atoms with Crippen LogP contribution in [0.2, 0.25) is 0 Å². The van der Waals surface area contributed by atoms with Crippen LogP contribution in [-0.4, -0.2) is 30.9 Å². The van der Waals surface area contributed by atoms with Crippen molar-refractivity contribution in [2.45, 2.75) is 43.9 Å². The number of aromatic nitrogens is 1. The maximum atomic E-state index is 8.74. The van der Waals surface area contributed by atoms with Crippen molar-refractivity contribution in [2.75, 3.05) is 0 Å². The van der Waals surface area contributed by atoms with Gasteiger partial charge in [0.1, 0.15) is 0 Å². The van der Waals surface area contributed by atoms with Gasteiger partial charge in [0.25, 0.3) is 0 Å². The number of rotatable bonds is 1. The Kier molecular flexibility index (Phi) is 4.99. The molecule has 5 nitrogen and oxygen atoms in total. The van der Waals surface area contributed by atoms with Crippen molar-refractivity contribution in [3.63, 3.8) is 0 Å². The maximum absolute atomic E-state index is 8.74. The predicted molar refractivity (Wildman–Crippen MR) is 88.2 cm³/mol. The molecule has 22 heavy (non-hydrogen) atoms. The molecule has 1 heterocycles. The van der Waals surface area contributed by atoms with Crippen molar-refractivity contribution in [3.05, 3.63) is 30.1 Å². The van der Waals surface area contributed by atoms with E-state index in [2.05, 4.69) is 17.1 Å². The minimum atomic E-state index is -4.67. The zero-order valence-electron chi connectivity index (χ0n) is 11.9. The third kappa shape index (κ3) is 3.88. The number of hydrogen-bond acceptors (Lipinski definition) is 3. The maximum Gasteiger partial charge on any atom is 0.394 e. The van der Waals surface area contributed by atoms with E-state index in [9.17, 15) is 0 Å². The lowest BCUT2D eigenvalue weighted by atomic mass is 9.49. The van der Waals surface area contributed by atoms with E-state index in [4.69, 9.17) is 17.5 Å². The average molecular weight is 325 g/mol. The summed E-state index contributed by atoms with van der Waals surface area (Å²) in [5, 5.41) is 0. The largest absolute Gasteiger partial charge is 0.394 e. The van der Waals surface area contributed by atoms with Crippen LogP contribution in [0.3, 0.4) is 0 Å². The molecular formula is C15H24BNO4S. The number of hydrogen-bond donors (Lipinski definition) is 2. The van der Waals surface area contributed by atoms with Gasteiger partial charge in [-0.2, -0.15) is 8.42 Å². The summed E-state index contributed by atoms with van der Waals surface area (Å²) in [6.07, 6.45) is 10.8. The molecule has 2 N–H and O–H groups in total. The Morgan fingerprint density at radius 1 is 1.00 bits per heavy atom. The first-order valence-corrected chi connectivity index (χ1v) is 8.85. The van der Waals surface area contributed by atoms with Gasteiger partial charge in [0.05, 0.1) is 8.41 Å². The van der Waals surface area contributed by atoms with Gasteiger partial charge in [0.15, 0.2) is 0 Å². The van der Waals surface area contributed by atoms with Gasteiger partial charge < -0.3 is 0 Å². The van der Waals surface area contributed by atoms with Crippen LogP contribution in [0.5, 0.6) is 0 Å². The molecule has 0 unspecified atom stereocenters. The van der Waals surface area contributed by atoms with Crippen molar-refractivity contribution in [1.82, 2.24) is 4.98 Å². The highest BCUT2D eigenvalue weighted by Crippen LogP contribution is 2.60. The molecule has 4 bridgehead atoms. The van der Waals surface area contributed by atoms with Gasteiger partial charge in [0.2, 0.25) is 0 Å². The molecule has 4 fully saturated rings. The van der Waals surface area contributed by atoms with Crippen molar-refractivity contribution in [3.8, 4) is 0 Å². The summed E-state index contributed by atoms with van der Waals surface area (Å²) in [5.41, 5.74) is 1.88. The fourth-order valence-electron chi connectivity index (χ4n) is 5.10. The molecular weight excluding hydrogens is 301 g/mol. The first-order chi connectivity index (χ1) is 9.84. The first-order valence-electron chi connectivity index (χ1n) is 7.45. The lowest BCUT2D eigenvalue weighted by Crippen LogP contribution is -2.48. The second-order valence-electron chi connectivity index (χ2n) is 6.86. The van der Waals surface area contributed by atoms with Gasteiger partial charge in [0, 0.05) is 17.3 Å². The lowest BCUT2D eigenvalue weighted by Gasteiger charge is -2.56. The van der Waals surface area contributed by atoms with E-state index in [0.29, 0.717) is 5.41 Å². The molecule has 0 saturated heterocycles. The molecule has 122 valence electrons. The molecule has 0 spiro atoms. The molecule has 1 aromatic rings. The Bertz CT molecular complexity index is 562. The van der Waals surface area contributed by atoms with Crippen LogP contribution in [0.1, 0.15) is 44.2 Å². The van der Waals surface area contributed by atoms with Gasteiger partial charge in [-0.05, 0) is 68.4 Å². The quantitative estimate of drug-likeness (QED) is 0.606. The molecule has 0 atom stereocenters. The molecule has 4 saturated carbocycles. The summed E-state index contributed by atoms with van der Waals surface area (Å²) in [7, 11) is -4.67. The molecule has 4 aliphatic rings. The predicted octanol–water partition coefficient (Wildman–Crippen LogP) is 1.71. The fourth-order valence-corrected chi connectivity index (χ4v) is 5.10. The molecule has 0 aliphatic heterocycles. The number of nitrogens with zero attached hydrogens (tertiary/aromatic N) is 1. The van der Waals surface area contributed by atoms with Crippen LogP contribution in [0.4, 0.5) is 0 Å². The zero-order chi connectivity index (χ0) is 15.1. The Labute approximate surface area is 133 Å². The van der Waals surface area contributed by atoms with Crippen LogP contribution in [0.15, 0.2) is 24.4 Å².